The average molecular weight is 384 g/mol. The van der Waals surface area contributed by atoms with E-state index < -0.39 is 5.54 Å². The Morgan fingerprint density at radius 3 is 2.70 bits per heavy atom. The van der Waals surface area contributed by atoms with Crippen LogP contribution in [0.15, 0.2) is 52.5 Å². The lowest BCUT2D eigenvalue weighted by atomic mass is 10.0. The van der Waals surface area contributed by atoms with E-state index in [0.717, 1.165) is 0 Å². The highest BCUT2D eigenvalue weighted by atomic mass is 32.1. The molecule has 0 saturated carbocycles. The van der Waals surface area contributed by atoms with Crippen LogP contribution in [0.3, 0.4) is 0 Å². The van der Waals surface area contributed by atoms with Gasteiger partial charge in [0.1, 0.15) is 11.2 Å². The number of likely N-dealkylation sites (N-methyl/N-ethyl adjacent to an activating group) is 1. The van der Waals surface area contributed by atoms with Crippen LogP contribution < -0.4 is 5.32 Å². The Morgan fingerprint density at radius 1 is 1.22 bits per heavy atom. The average Bonchev–Trinajstić information content (AvgIpc) is 3.33. The van der Waals surface area contributed by atoms with E-state index in [1.54, 1.807) is 45.3 Å². The van der Waals surface area contributed by atoms with E-state index in [9.17, 15) is 9.59 Å². The maximum atomic E-state index is 12.8. The third kappa shape index (κ3) is 4.40. The van der Waals surface area contributed by atoms with Crippen molar-refractivity contribution in [3.63, 3.8) is 0 Å². The molecule has 0 radical (unpaired) electrons. The Bertz CT molecular complexity index is 920. The molecule has 0 saturated heterocycles. The molecule has 0 aromatic carbocycles. The van der Waals surface area contributed by atoms with Gasteiger partial charge in [0, 0.05) is 19.3 Å². The van der Waals surface area contributed by atoms with Crippen molar-refractivity contribution in [3.8, 4) is 11.4 Å². The summed E-state index contributed by atoms with van der Waals surface area (Å²) in [6.45, 7) is 3.59. The van der Waals surface area contributed by atoms with E-state index in [1.165, 1.54) is 16.2 Å². The standard InChI is InChI=1S/C19H20N4O3S/c1-19(2,21-17(24)16-8-6-10-27-16)18(25)23(3)12-13-11-15(22-26-13)14-7-4-5-9-20-14/h4-11H,12H2,1-3H3,(H,21,24). The minimum absolute atomic E-state index is 0.233. The van der Waals surface area contributed by atoms with Gasteiger partial charge in [0.05, 0.1) is 17.1 Å². The van der Waals surface area contributed by atoms with Crippen LogP contribution in [0.1, 0.15) is 29.3 Å². The molecule has 3 aromatic rings. The summed E-state index contributed by atoms with van der Waals surface area (Å²) in [4.78, 5) is 31.3. The van der Waals surface area contributed by atoms with Crippen molar-refractivity contribution in [2.24, 2.45) is 0 Å². The van der Waals surface area contributed by atoms with Crippen molar-refractivity contribution in [2.75, 3.05) is 7.05 Å². The number of carbonyl (C=O) groups is 2. The Balaban J connectivity index is 1.65. The third-order valence-electron chi connectivity index (χ3n) is 3.93. The number of amides is 2. The van der Waals surface area contributed by atoms with E-state index in [4.69, 9.17) is 4.52 Å². The number of rotatable bonds is 6. The molecule has 0 bridgehead atoms. The molecule has 3 heterocycles. The lowest BCUT2D eigenvalue weighted by Gasteiger charge is -2.29. The first-order valence-corrected chi connectivity index (χ1v) is 9.23. The summed E-state index contributed by atoms with van der Waals surface area (Å²) in [6.07, 6.45) is 1.68. The van der Waals surface area contributed by atoms with Crippen molar-refractivity contribution in [1.82, 2.24) is 20.4 Å². The predicted octanol–water partition coefficient (Wildman–Crippen LogP) is 2.97. The Labute approximate surface area is 161 Å². The molecule has 0 aliphatic rings. The molecule has 1 N–H and O–H groups in total. The monoisotopic (exact) mass is 384 g/mol. The number of hydrogen-bond acceptors (Lipinski definition) is 6. The Hall–Kier alpha value is -3.00. The Kier molecular flexibility index (Phi) is 5.36. The molecular formula is C19H20N4O3S. The van der Waals surface area contributed by atoms with E-state index >= 15 is 0 Å². The van der Waals surface area contributed by atoms with E-state index in [2.05, 4.69) is 15.5 Å². The summed E-state index contributed by atoms with van der Waals surface area (Å²) >= 11 is 1.33. The molecule has 0 aliphatic carbocycles. The molecular weight excluding hydrogens is 364 g/mol. The normalized spacial score (nSPS) is 11.2. The highest BCUT2D eigenvalue weighted by molar-refractivity contribution is 7.12. The van der Waals surface area contributed by atoms with Crippen molar-refractivity contribution in [2.45, 2.75) is 25.9 Å². The van der Waals surface area contributed by atoms with Crippen LogP contribution in [-0.2, 0) is 11.3 Å². The van der Waals surface area contributed by atoms with Crippen LogP contribution in [0.25, 0.3) is 11.4 Å². The van der Waals surface area contributed by atoms with E-state index in [-0.39, 0.29) is 18.4 Å². The first-order valence-electron chi connectivity index (χ1n) is 8.35. The maximum Gasteiger partial charge on any atom is 0.262 e. The second-order valence-electron chi connectivity index (χ2n) is 6.61. The van der Waals surface area contributed by atoms with Crippen LogP contribution in [0.2, 0.25) is 0 Å². The van der Waals surface area contributed by atoms with Crippen LogP contribution in [0.4, 0.5) is 0 Å². The van der Waals surface area contributed by atoms with Gasteiger partial charge in [0.25, 0.3) is 5.91 Å². The van der Waals surface area contributed by atoms with Gasteiger partial charge in [-0.05, 0) is 37.4 Å². The fourth-order valence-electron chi connectivity index (χ4n) is 2.61. The number of pyridine rings is 1. The second kappa shape index (κ2) is 7.71. The summed E-state index contributed by atoms with van der Waals surface area (Å²) in [5, 5.41) is 8.60. The number of nitrogens with one attached hydrogen (secondary N) is 1. The summed E-state index contributed by atoms with van der Waals surface area (Å²) in [5.41, 5.74) is 0.251. The van der Waals surface area contributed by atoms with Crippen LogP contribution in [0, 0.1) is 0 Å². The first-order chi connectivity index (χ1) is 12.9. The van der Waals surface area contributed by atoms with Gasteiger partial charge in [-0.25, -0.2) is 0 Å². The molecule has 0 spiro atoms. The largest absolute Gasteiger partial charge is 0.359 e. The van der Waals surface area contributed by atoms with Gasteiger partial charge in [0.2, 0.25) is 5.91 Å². The van der Waals surface area contributed by atoms with Gasteiger partial charge in [-0.15, -0.1) is 11.3 Å². The summed E-state index contributed by atoms with van der Waals surface area (Å²) in [5.74, 6) is 0.0314. The van der Waals surface area contributed by atoms with Gasteiger partial charge in [-0.3, -0.25) is 14.6 Å². The number of nitrogens with zero attached hydrogens (tertiary/aromatic N) is 3. The molecule has 0 atom stereocenters. The topological polar surface area (TPSA) is 88.3 Å². The van der Waals surface area contributed by atoms with Crippen molar-refractivity contribution in [1.29, 1.82) is 0 Å². The molecule has 27 heavy (non-hydrogen) atoms. The fourth-order valence-corrected chi connectivity index (χ4v) is 3.23. The molecule has 8 heteroatoms. The summed E-state index contributed by atoms with van der Waals surface area (Å²) < 4.78 is 5.32. The first kappa shape index (κ1) is 18.8. The maximum absolute atomic E-state index is 12.8. The summed E-state index contributed by atoms with van der Waals surface area (Å²) in [6, 6.07) is 10.8. The highest BCUT2D eigenvalue weighted by Crippen LogP contribution is 2.18. The lowest BCUT2D eigenvalue weighted by molar-refractivity contribution is -0.136. The second-order valence-corrected chi connectivity index (χ2v) is 7.56. The zero-order valence-electron chi connectivity index (χ0n) is 15.3. The molecule has 140 valence electrons. The summed E-state index contributed by atoms with van der Waals surface area (Å²) in [7, 11) is 1.66. The molecule has 2 amide bonds. The third-order valence-corrected chi connectivity index (χ3v) is 4.80. The van der Waals surface area contributed by atoms with Crippen LogP contribution >= 0.6 is 11.3 Å². The van der Waals surface area contributed by atoms with E-state index in [1.807, 2.05) is 23.6 Å². The number of hydrogen-bond donors (Lipinski definition) is 1. The SMILES string of the molecule is CN(Cc1cc(-c2ccccn2)no1)C(=O)C(C)(C)NC(=O)c1cccs1. The molecule has 0 fully saturated rings. The minimum Gasteiger partial charge on any atom is -0.359 e. The van der Waals surface area contributed by atoms with Gasteiger partial charge < -0.3 is 14.7 Å². The molecule has 3 rings (SSSR count). The lowest BCUT2D eigenvalue weighted by Crippen LogP contribution is -2.54. The number of thiophene rings is 1. The quantitative estimate of drug-likeness (QED) is 0.706. The highest BCUT2D eigenvalue weighted by Gasteiger charge is 2.33. The predicted molar refractivity (Wildman–Crippen MR) is 102 cm³/mol. The van der Waals surface area contributed by atoms with E-state index in [0.29, 0.717) is 22.0 Å². The smallest absolute Gasteiger partial charge is 0.262 e. The number of aromatic nitrogens is 2. The Morgan fingerprint density at radius 2 is 2.04 bits per heavy atom. The minimum atomic E-state index is -1.06. The van der Waals surface area contributed by atoms with Crippen molar-refractivity contribution >= 4 is 23.2 Å². The fraction of sp³-hybridized carbons (Fsp3) is 0.263. The molecule has 3 aromatic heterocycles. The zero-order valence-corrected chi connectivity index (χ0v) is 16.1. The van der Waals surface area contributed by atoms with Gasteiger partial charge in [-0.1, -0.05) is 17.3 Å². The van der Waals surface area contributed by atoms with Crippen LogP contribution in [0.5, 0.6) is 0 Å². The molecule has 0 aliphatic heterocycles. The van der Waals surface area contributed by atoms with Crippen molar-refractivity contribution in [3.05, 3.63) is 58.6 Å². The zero-order chi connectivity index (χ0) is 19.4. The van der Waals surface area contributed by atoms with Gasteiger partial charge >= 0.3 is 0 Å². The van der Waals surface area contributed by atoms with Gasteiger partial charge in [0.15, 0.2) is 5.76 Å². The van der Waals surface area contributed by atoms with Crippen LogP contribution in [-0.4, -0.2) is 39.4 Å². The number of carbonyl (C=O) groups excluding carboxylic acids is 2. The molecule has 0 unspecified atom stereocenters. The molecule has 7 nitrogen and oxygen atoms in total. The van der Waals surface area contributed by atoms with Gasteiger partial charge in [-0.2, -0.15) is 0 Å². The van der Waals surface area contributed by atoms with Crippen molar-refractivity contribution < 1.29 is 14.1 Å².